The second-order valence-electron chi connectivity index (χ2n) is 8.30. The summed E-state index contributed by atoms with van der Waals surface area (Å²) in [6.07, 6.45) is 7.07. The molecule has 0 bridgehead atoms. The van der Waals surface area contributed by atoms with Crippen LogP contribution in [0.5, 0.6) is 5.75 Å². The lowest BCUT2D eigenvalue weighted by molar-refractivity contribution is -0.131. The first-order chi connectivity index (χ1) is 14.6. The van der Waals surface area contributed by atoms with Crippen molar-refractivity contribution in [1.82, 2.24) is 4.90 Å². The molecular weight excluding hydrogens is 374 g/mol. The molecule has 4 rings (SSSR count). The van der Waals surface area contributed by atoms with Crippen molar-refractivity contribution in [2.75, 3.05) is 6.73 Å². The Morgan fingerprint density at radius 2 is 1.87 bits per heavy atom. The first-order valence-corrected chi connectivity index (χ1v) is 11.1. The summed E-state index contributed by atoms with van der Waals surface area (Å²) in [7, 11) is 0. The van der Waals surface area contributed by atoms with Gasteiger partial charge in [-0.15, -0.1) is 0 Å². The minimum atomic E-state index is -0.466. The third-order valence-corrected chi connectivity index (χ3v) is 6.19. The Morgan fingerprint density at radius 1 is 1.10 bits per heavy atom. The molecule has 1 aliphatic carbocycles. The van der Waals surface area contributed by atoms with E-state index in [9.17, 15) is 4.79 Å². The number of amidine groups is 1. The van der Waals surface area contributed by atoms with Gasteiger partial charge in [-0.2, -0.15) is 0 Å². The number of nitrogens with zero attached hydrogens (tertiary/aromatic N) is 2. The van der Waals surface area contributed by atoms with E-state index >= 15 is 0 Å². The molecule has 30 heavy (non-hydrogen) atoms. The zero-order chi connectivity index (χ0) is 21.0. The number of rotatable bonds is 8. The van der Waals surface area contributed by atoms with Gasteiger partial charge in [0.25, 0.3) is 5.91 Å². The Balaban J connectivity index is 1.51. The summed E-state index contributed by atoms with van der Waals surface area (Å²) >= 11 is 0. The monoisotopic (exact) mass is 405 g/mol. The van der Waals surface area contributed by atoms with Crippen molar-refractivity contribution in [3.05, 3.63) is 54.1 Å². The van der Waals surface area contributed by atoms with Crippen LogP contribution in [0.15, 0.2) is 53.5 Å². The Kier molecular flexibility index (Phi) is 6.18. The maximum atomic E-state index is 13.3. The third kappa shape index (κ3) is 4.12. The van der Waals surface area contributed by atoms with Crippen molar-refractivity contribution in [2.45, 2.75) is 64.0 Å². The molecular formula is C25H31N3O2. The molecule has 5 heteroatoms. The largest absolute Gasteiger partial charge is 0.479 e. The molecule has 1 fully saturated rings. The summed E-state index contributed by atoms with van der Waals surface area (Å²) in [5.41, 5.74) is 8.33. The number of carbonyl (C=O) groups excluding carboxylic acids is 1. The van der Waals surface area contributed by atoms with E-state index in [1.54, 1.807) is 0 Å². The molecule has 0 saturated heterocycles. The van der Waals surface area contributed by atoms with E-state index in [4.69, 9.17) is 15.5 Å². The summed E-state index contributed by atoms with van der Waals surface area (Å²) in [5.74, 6) is 1.96. The molecule has 5 nitrogen and oxygen atoms in total. The summed E-state index contributed by atoms with van der Waals surface area (Å²) in [6.45, 7) is 2.94. The summed E-state index contributed by atoms with van der Waals surface area (Å²) in [6, 6.07) is 16.3. The van der Waals surface area contributed by atoms with E-state index in [2.05, 4.69) is 37.3 Å². The molecule has 0 radical (unpaired) electrons. The van der Waals surface area contributed by atoms with Crippen LogP contribution in [-0.4, -0.2) is 28.9 Å². The van der Waals surface area contributed by atoms with Gasteiger partial charge >= 0.3 is 0 Å². The normalized spacial score (nSPS) is 17.6. The molecule has 2 aromatic rings. The predicted molar refractivity (Wildman–Crippen MR) is 120 cm³/mol. The summed E-state index contributed by atoms with van der Waals surface area (Å²) in [4.78, 5) is 20.2. The standard InChI is InChI=1S/C25H31N3O2/c1-2-3-9-23-27-25(14-4-5-15-25)24(29)28(23)17-19-10-12-20(13-11-19)21-7-6-8-22(16-21)30-18-26/h6-8,10-13,16H,2-5,9,14-15,17-18,26H2,1H3. The smallest absolute Gasteiger partial charge is 0.256 e. The van der Waals surface area contributed by atoms with Gasteiger partial charge < -0.3 is 4.74 Å². The minimum Gasteiger partial charge on any atom is -0.479 e. The fourth-order valence-corrected chi connectivity index (χ4v) is 4.54. The highest BCUT2D eigenvalue weighted by molar-refractivity contribution is 6.08. The SMILES string of the molecule is CCCCC1=NC2(CCCC2)C(=O)N1Cc1ccc(-c2cccc(OCN)c2)cc1. The fourth-order valence-electron chi connectivity index (χ4n) is 4.54. The molecule has 1 spiro atoms. The van der Waals surface area contributed by atoms with Gasteiger partial charge in [0.05, 0.1) is 6.54 Å². The van der Waals surface area contributed by atoms with Crippen LogP contribution in [0.4, 0.5) is 0 Å². The first kappa shape index (κ1) is 20.6. The molecule has 1 heterocycles. The summed E-state index contributed by atoms with van der Waals surface area (Å²) in [5, 5.41) is 0. The van der Waals surface area contributed by atoms with Gasteiger partial charge in [-0.25, -0.2) is 0 Å². The Bertz CT molecular complexity index is 914. The molecule has 0 aromatic heterocycles. The molecule has 1 amide bonds. The molecule has 0 atom stereocenters. The highest BCUT2D eigenvalue weighted by atomic mass is 16.5. The average molecular weight is 406 g/mol. The predicted octanol–water partition coefficient (Wildman–Crippen LogP) is 4.89. The van der Waals surface area contributed by atoms with Crippen LogP contribution in [0.2, 0.25) is 0 Å². The quantitative estimate of drug-likeness (QED) is 0.636. The van der Waals surface area contributed by atoms with E-state index in [0.29, 0.717) is 6.54 Å². The van der Waals surface area contributed by atoms with Crippen LogP contribution in [0.3, 0.4) is 0 Å². The van der Waals surface area contributed by atoms with Crippen LogP contribution in [0.25, 0.3) is 11.1 Å². The third-order valence-electron chi connectivity index (χ3n) is 6.19. The first-order valence-electron chi connectivity index (χ1n) is 11.1. The van der Waals surface area contributed by atoms with Crippen LogP contribution in [-0.2, 0) is 11.3 Å². The van der Waals surface area contributed by atoms with Crippen molar-refractivity contribution in [3.8, 4) is 16.9 Å². The maximum absolute atomic E-state index is 13.3. The maximum Gasteiger partial charge on any atom is 0.256 e. The van der Waals surface area contributed by atoms with E-state index in [-0.39, 0.29) is 12.6 Å². The number of carbonyl (C=O) groups is 1. The number of unbranched alkanes of at least 4 members (excludes halogenated alkanes) is 1. The number of hydrogen-bond acceptors (Lipinski definition) is 4. The van der Waals surface area contributed by atoms with E-state index in [1.807, 2.05) is 23.1 Å². The van der Waals surface area contributed by atoms with E-state index in [0.717, 1.165) is 73.2 Å². The highest BCUT2D eigenvalue weighted by Gasteiger charge is 2.49. The summed E-state index contributed by atoms with van der Waals surface area (Å²) < 4.78 is 5.40. The van der Waals surface area contributed by atoms with E-state index < -0.39 is 5.54 Å². The average Bonchev–Trinajstić information content (AvgIpc) is 3.34. The number of amides is 1. The Hall–Kier alpha value is -2.66. The zero-order valence-electron chi connectivity index (χ0n) is 17.8. The molecule has 158 valence electrons. The van der Waals surface area contributed by atoms with Gasteiger partial charge in [-0.05, 0) is 48.1 Å². The Morgan fingerprint density at radius 3 is 2.57 bits per heavy atom. The zero-order valence-corrected chi connectivity index (χ0v) is 17.8. The van der Waals surface area contributed by atoms with Gasteiger partial charge in [0, 0.05) is 6.42 Å². The molecule has 2 aromatic carbocycles. The van der Waals surface area contributed by atoms with Gasteiger partial charge in [-0.1, -0.05) is 62.6 Å². The molecule has 2 aliphatic rings. The van der Waals surface area contributed by atoms with Gasteiger partial charge in [0.1, 0.15) is 23.9 Å². The molecule has 2 N–H and O–H groups in total. The second-order valence-corrected chi connectivity index (χ2v) is 8.30. The van der Waals surface area contributed by atoms with E-state index in [1.165, 1.54) is 0 Å². The molecule has 1 aliphatic heterocycles. The van der Waals surface area contributed by atoms with Crippen LogP contribution >= 0.6 is 0 Å². The number of ether oxygens (including phenoxy) is 1. The van der Waals surface area contributed by atoms with Crippen molar-refractivity contribution in [3.63, 3.8) is 0 Å². The van der Waals surface area contributed by atoms with Gasteiger partial charge in [-0.3, -0.25) is 20.4 Å². The van der Waals surface area contributed by atoms with Gasteiger partial charge in [0.15, 0.2) is 0 Å². The number of hydrogen-bond donors (Lipinski definition) is 1. The fraction of sp³-hybridized carbons (Fsp3) is 0.440. The lowest BCUT2D eigenvalue weighted by atomic mass is 9.98. The number of nitrogens with two attached hydrogens (primary N) is 1. The highest BCUT2D eigenvalue weighted by Crippen LogP contribution is 2.40. The topological polar surface area (TPSA) is 67.9 Å². The number of benzene rings is 2. The van der Waals surface area contributed by atoms with Crippen molar-refractivity contribution in [2.24, 2.45) is 10.7 Å². The van der Waals surface area contributed by atoms with Crippen molar-refractivity contribution >= 4 is 11.7 Å². The van der Waals surface area contributed by atoms with Crippen molar-refractivity contribution in [1.29, 1.82) is 0 Å². The van der Waals surface area contributed by atoms with Crippen LogP contribution in [0.1, 0.15) is 57.4 Å². The van der Waals surface area contributed by atoms with Crippen LogP contribution in [0, 0.1) is 0 Å². The Labute approximate surface area is 178 Å². The molecule has 0 unspecified atom stereocenters. The van der Waals surface area contributed by atoms with Crippen LogP contribution < -0.4 is 10.5 Å². The lowest BCUT2D eigenvalue weighted by Gasteiger charge is -2.22. The number of aliphatic imine (C=N–C) groups is 1. The second kappa shape index (κ2) is 9.00. The van der Waals surface area contributed by atoms with Crippen molar-refractivity contribution < 1.29 is 9.53 Å². The van der Waals surface area contributed by atoms with Gasteiger partial charge in [0.2, 0.25) is 0 Å². The minimum absolute atomic E-state index is 0.162. The lowest BCUT2D eigenvalue weighted by Crippen LogP contribution is -2.40. The molecule has 1 saturated carbocycles.